The molecule has 0 amide bonds. The molecule has 3 aromatic rings. The molecule has 0 saturated carbocycles. The lowest BCUT2D eigenvalue weighted by Gasteiger charge is -2.02. The van der Waals surface area contributed by atoms with Gasteiger partial charge in [0.1, 0.15) is 5.52 Å². The molecule has 20 heavy (non-hydrogen) atoms. The predicted molar refractivity (Wildman–Crippen MR) is 80.6 cm³/mol. The number of hydrogen-bond acceptors (Lipinski definition) is 5. The average molecular weight is 306 g/mol. The van der Waals surface area contributed by atoms with Crippen LogP contribution in [-0.4, -0.2) is 31.2 Å². The van der Waals surface area contributed by atoms with Crippen molar-refractivity contribution in [3.8, 4) is 5.69 Å². The summed E-state index contributed by atoms with van der Waals surface area (Å²) in [6.07, 6.45) is 2.72. The van der Waals surface area contributed by atoms with Gasteiger partial charge in [0.25, 0.3) is 0 Å². The van der Waals surface area contributed by atoms with Gasteiger partial charge in [-0.1, -0.05) is 30.3 Å². The lowest BCUT2D eigenvalue weighted by atomic mass is 10.3. The number of aryl methyl sites for hydroxylation is 1. The van der Waals surface area contributed by atoms with Crippen LogP contribution in [0.25, 0.3) is 16.9 Å². The van der Waals surface area contributed by atoms with Crippen molar-refractivity contribution in [1.82, 2.24) is 25.0 Å². The van der Waals surface area contributed by atoms with E-state index in [0.29, 0.717) is 15.8 Å². The highest BCUT2D eigenvalue weighted by molar-refractivity contribution is 7.98. The Morgan fingerprint density at radius 2 is 1.95 bits per heavy atom. The Morgan fingerprint density at radius 1 is 1.20 bits per heavy atom. The Bertz CT molecular complexity index is 753. The molecule has 5 nitrogen and oxygen atoms in total. The molecule has 0 aliphatic heterocycles. The van der Waals surface area contributed by atoms with Gasteiger partial charge < -0.3 is 0 Å². The highest BCUT2D eigenvalue weighted by Gasteiger charge is 2.15. The lowest BCUT2D eigenvalue weighted by Crippen LogP contribution is -1.99. The van der Waals surface area contributed by atoms with Crippen molar-refractivity contribution in [3.05, 3.63) is 35.0 Å². The molecule has 0 aliphatic carbocycles. The summed E-state index contributed by atoms with van der Waals surface area (Å²) in [6, 6.07) is 7.46. The molecule has 0 bridgehead atoms. The Labute approximate surface area is 125 Å². The first-order chi connectivity index (χ1) is 9.72. The van der Waals surface area contributed by atoms with Gasteiger partial charge in [-0.05, 0) is 36.9 Å². The zero-order valence-electron chi connectivity index (χ0n) is 11.0. The molecule has 3 rings (SSSR count). The molecular weight excluding hydrogens is 294 g/mol. The summed E-state index contributed by atoms with van der Waals surface area (Å²) in [5, 5.41) is 14.3. The topological polar surface area (TPSA) is 56.5 Å². The number of halogens is 1. The van der Waals surface area contributed by atoms with Crippen LogP contribution in [0.5, 0.6) is 0 Å². The summed E-state index contributed by atoms with van der Waals surface area (Å²) < 4.78 is 1.76. The first-order valence-corrected chi connectivity index (χ1v) is 7.75. The molecule has 2 heterocycles. The zero-order chi connectivity index (χ0) is 14.1. The van der Waals surface area contributed by atoms with E-state index >= 15 is 0 Å². The number of thioether (sulfide) groups is 1. The monoisotopic (exact) mass is 305 g/mol. The fourth-order valence-corrected chi connectivity index (χ4v) is 2.38. The Kier molecular flexibility index (Phi) is 3.58. The van der Waals surface area contributed by atoms with Crippen LogP contribution in [0.1, 0.15) is 12.6 Å². The third-order valence-electron chi connectivity index (χ3n) is 2.93. The van der Waals surface area contributed by atoms with E-state index in [2.05, 4.69) is 27.2 Å². The summed E-state index contributed by atoms with van der Waals surface area (Å²) in [4.78, 5) is 4.51. The maximum atomic E-state index is 5.92. The molecule has 0 fully saturated rings. The minimum absolute atomic E-state index is 0.655. The smallest absolute Gasteiger partial charge is 0.209 e. The summed E-state index contributed by atoms with van der Waals surface area (Å²) in [7, 11) is 0. The Balaban J connectivity index is 2.23. The molecular formula is C13H12ClN5S. The van der Waals surface area contributed by atoms with Gasteiger partial charge in [-0.15, -0.1) is 10.2 Å². The van der Waals surface area contributed by atoms with E-state index < -0.39 is 0 Å². The van der Waals surface area contributed by atoms with Crippen molar-refractivity contribution in [2.45, 2.75) is 18.5 Å². The van der Waals surface area contributed by atoms with Crippen LogP contribution in [0.15, 0.2) is 29.4 Å². The number of hydrogen-bond donors (Lipinski definition) is 0. The third kappa shape index (κ3) is 2.25. The minimum Gasteiger partial charge on any atom is -0.216 e. The SMILES string of the molecule is CCc1nn(-c2ccc(Cl)cc2)c2nnc(SC)nc12. The van der Waals surface area contributed by atoms with Crippen molar-refractivity contribution in [2.24, 2.45) is 0 Å². The second-order valence-electron chi connectivity index (χ2n) is 4.16. The molecule has 0 saturated heterocycles. The van der Waals surface area contributed by atoms with E-state index in [1.807, 2.05) is 30.5 Å². The normalized spacial score (nSPS) is 11.2. The van der Waals surface area contributed by atoms with E-state index in [9.17, 15) is 0 Å². The largest absolute Gasteiger partial charge is 0.216 e. The van der Waals surface area contributed by atoms with Gasteiger partial charge in [-0.2, -0.15) is 5.10 Å². The van der Waals surface area contributed by atoms with Crippen molar-refractivity contribution in [1.29, 1.82) is 0 Å². The van der Waals surface area contributed by atoms with Crippen molar-refractivity contribution < 1.29 is 0 Å². The standard InChI is InChI=1S/C13H12ClN5S/c1-3-10-11-12(16-17-13(15-11)20-2)19(18-10)9-6-4-8(14)5-7-9/h4-7H,3H2,1-2H3. The van der Waals surface area contributed by atoms with Crippen LogP contribution in [-0.2, 0) is 6.42 Å². The van der Waals surface area contributed by atoms with Gasteiger partial charge >= 0.3 is 0 Å². The molecule has 0 aliphatic rings. The number of nitrogens with zero attached hydrogens (tertiary/aromatic N) is 5. The molecule has 0 atom stereocenters. The second-order valence-corrected chi connectivity index (χ2v) is 5.37. The fraction of sp³-hybridized carbons (Fsp3) is 0.231. The van der Waals surface area contributed by atoms with Crippen LogP contribution in [0.2, 0.25) is 5.02 Å². The first kappa shape index (κ1) is 13.3. The zero-order valence-corrected chi connectivity index (χ0v) is 12.6. The molecule has 0 N–H and O–H groups in total. The van der Waals surface area contributed by atoms with E-state index in [1.165, 1.54) is 11.8 Å². The summed E-state index contributed by atoms with van der Waals surface area (Å²) in [6.45, 7) is 2.05. The van der Waals surface area contributed by atoms with Crippen molar-refractivity contribution >= 4 is 34.5 Å². The summed E-state index contributed by atoms with van der Waals surface area (Å²) in [5.74, 6) is 0. The quantitative estimate of drug-likeness (QED) is 0.696. The highest BCUT2D eigenvalue weighted by Crippen LogP contribution is 2.21. The van der Waals surface area contributed by atoms with Crippen LogP contribution in [0.4, 0.5) is 0 Å². The highest BCUT2D eigenvalue weighted by atomic mass is 35.5. The van der Waals surface area contributed by atoms with Crippen LogP contribution < -0.4 is 0 Å². The second kappa shape index (κ2) is 5.38. The minimum atomic E-state index is 0.655. The van der Waals surface area contributed by atoms with E-state index in [1.54, 1.807) is 4.68 Å². The predicted octanol–water partition coefficient (Wildman–Crippen LogP) is 3.15. The van der Waals surface area contributed by atoms with Gasteiger partial charge in [0.05, 0.1) is 11.4 Å². The van der Waals surface area contributed by atoms with E-state index in [0.717, 1.165) is 23.3 Å². The van der Waals surface area contributed by atoms with Crippen LogP contribution in [0, 0.1) is 0 Å². The molecule has 102 valence electrons. The van der Waals surface area contributed by atoms with Gasteiger partial charge in [0.2, 0.25) is 10.8 Å². The maximum absolute atomic E-state index is 5.92. The molecule has 2 aromatic heterocycles. The Hall–Kier alpha value is -1.66. The number of benzene rings is 1. The molecule has 0 radical (unpaired) electrons. The fourth-order valence-electron chi connectivity index (χ4n) is 1.94. The lowest BCUT2D eigenvalue weighted by molar-refractivity contribution is 0.827. The summed E-state index contributed by atoms with van der Waals surface area (Å²) in [5.41, 5.74) is 3.29. The van der Waals surface area contributed by atoms with Crippen LogP contribution >= 0.6 is 23.4 Å². The Morgan fingerprint density at radius 3 is 2.60 bits per heavy atom. The third-order valence-corrected chi connectivity index (χ3v) is 3.72. The van der Waals surface area contributed by atoms with E-state index in [4.69, 9.17) is 11.6 Å². The van der Waals surface area contributed by atoms with E-state index in [-0.39, 0.29) is 0 Å². The summed E-state index contributed by atoms with van der Waals surface area (Å²) >= 11 is 7.39. The first-order valence-electron chi connectivity index (χ1n) is 6.15. The molecule has 0 spiro atoms. The number of aromatic nitrogens is 5. The van der Waals surface area contributed by atoms with Crippen molar-refractivity contribution in [2.75, 3.05) is 6.26 Å². The van der Waals surface area contributed by atoms with Gasteiger partial charge in [-0.3, -0.25) is 0 Å². The average Bonchev–Trinajstić information content (AvgIpc) is 2.86. The molecule has 1 aromatic carbocycles. The molecule has 7 heteroatoms. The number of rotatable bonds is 3. The molecule has 0 unspecified atom stereocenters. The van der Waals surface area contributed by atoms with Gasteiger partial charge in [-0.25, -0.2) is 9.67 Å². The van der Waals surface area contributed by atoms with Gasteiger partial charge in [0, 0.05) is 5.02 Å². The number of fused-ring (bicyclic) bond motifs is 1. The van der Waals surface area contributed by atoms with Crippen molar-refractivity contribution in [3.63, 3.8) is 0 Å². The van der Waals surface area contributed by atoms with Crippen LogP contribution in [0.3, 0.4) is 0 Å². The maximum Gasteiger partial charge on any atom is 0.209 e. The van der Waals surface area contributed by atoms with Gasteiger partial charge in [0.15, 0.2) is 0 Å².